The quantitative estimate of drug-likeness (QED) is 0.760. The van der Waals surface area contributed by atoms with E-state index in [-0.39, 0.29) is 11.8 Å². The number of nitrogens with one attached hydrogen (secondary N) is 2. The van der Waals surface area contributed by atoms with Gasteiger partial charge in [0.25, 0.3) is 0 Å². The van der Waals surface area contributed by atoms with Crippen molar-refractivity contribution in [1.29, 1.82) is 0 Å². The highest BCUT2D eigenvalue weighted by Crippen LogP contribution is 2.44. The number of hydrogen-bond donors (Lipinski definition) is 2. The second-order valence-electron chi connectivity index (χ2n) is 5.81. The third-order valence-electron chi connectivity index (χ3n) is 4.25. The molecular formula is C18H24N2O2. The smallest absolute Gasteiger partial charge is 0.230 e. The Morgan fingerprint density at radius 3 is 2.45 bits per heavy atom. The molecule has 0 spiro atoms. The molecule has 0 heterocycles. The Balaban J connectivity index is 2.09. The number of hydrogen-bond acceptors (Lipinski definition) is 2. The summed E-state index contributed by atoms with van der Waals surface area (Å²) in [6, 6.07) is 7.66. The lowest BCUT2D eigenvalue weighted by molar-refractivity contribution is -0.129. The van der Waals surface area contributed by atoms with Crippen molar-refractivity contribution < 1.29 is 9.59 Å². The van der Waals surface area contributed by atoms with Crippen molar-refractivity contribution in [2.45, 2.75) is 44.4 Å². The van der Waals surface area contributed by atoms with E-state index in [2.05, 4.69) is 17.2 Å². The Morgan fingerprint density at radius 1 is 1.27 bits per heavy atom. The van der Waals surface area contributed by atoms with Crippen molar-refractivity contribution in [1.82, 2.24) is 5.32 Å². The number of carbonyl (C=O) groups excluding carboxylic acids is 2. The number of carbonyl (C=O) groups is 2. The molecule has 4 nitrogen and oxygen atoms in total. The first-order chi connectivity index (χ1) is 10.6. The van der Waals surface area contributed by atoms with Crippen LogP contribution in [-0.2, 0) is 15.0 Å². The van der Waals surface area contributed by atoms with Gasteiger partial charge in [0, 0.05) is 18.7 Å². The second kappa shape index (κ2) is 7.25. The highest BCUT2D eigenvalue weighted by atomic mass is 16.2. The Bertz CT molecular complexity index is 545. The number of anilines is 1. The molecule has 1 aromatic rings. The van der Waals surface area contributed by atoms with Gasteiger partial charge in [-0.25, -0.2) is 0 Å². The Labute approximate surface area is 132 Å². The summed E-state index contributed by atoms with van der Waals surface area (Å²) < 4.78 is 0. The average molecular weight is 300 g/mol. The molecule has 2 N–H and O–H groups in total. The third kappa shape index (κ3) is 3.38. The molecule has 1 aromatic carbocycles. The third-order valence-corrected chi connectivity index (χ3v) is 4.25. The zero-order valence-electron chi connectivity index (χ0n) is 13.2. The van der Waals surface area contributed by atoms with E-state index in [9.17, 15) is 9.59 Å². The molecule has 0 aliphatic heterocycles. The van der Waals surface area contributed by atoms with E-state index >= 15 is 0 Å². The minimum Gasteiger partial charge on any atom is -0.352 e. The van der Waals surface area contributed by atoms with Crippen LogP contribution < -0.4 is 10.6 Å². The molecule has 1 aliphatic carbocycles. The van der Waals surface area contributed by atoms with Crippen molar-refractivity contribution in [2.24, 2.45) is 0 Å². The van der Waals surface area contributed by atoms with Crippen LogP contribution in [0.15, 0.2) is 36.9 Å². The summed E-state index contributed by atoms with van der Waals surface area (Å²) in [4.78, 5) is 24.0. The van der Waals surface area contributed by atoms with E-state index in [1.54, 1.807) is 6.08 Å². The first-order valence-electron chi connectivity index (χ1n) is 7.92. The molecule has 1 saturated carbocycles. The standard InChI is InChI=1S/C18H24N2O2/c1-3-6-16(21)20-15-9-7-14(8-10-15)18(11-5-12-18)17(22)19-13-4-2/h4,7-10H,2-3,5-6,11-13H2,1H3,(H,19,22)(H,20,21). The average Bonchev–Trinajstić information content (AvgIpc) is 2.46. The number of benzene rings is 1. The van der Waals surface area contributed by atoms with Crippen LogP contribution in [0.4, 0.5) is 5.69 Å². The van der Waals surface area contributed by atoms with E-state index in [0.717, 1.165) is 36.9 Å². The van der Waals surface area contributed by atoms with Gasteiger partial charge in [-0.1, -0.05) is 31.6 Å². The highest BCUT2D eigenvalue weighted by Gasteiger charge is 2.45. The van der Waals surface area contributed by atoms with Crippen LogP contribution in [0, 0.1) is 0 Å². The Kier molecular flexibility index (Phi) is 5.36. The lowest BCUT2D eigenvalue weighted by Gasteiger charge is -2.40. The minimum atomic E-state index is -0.408. The van der Waals surface area contributed by atoms with Crippen molar-refractivity contribution in [3.63, 3.8) is 0 Å². The van der Waals surface area contributed by atoms with Crippen LogP contribution in [-0.4, -0.2) is 18.4 Å². The van der Waals surface area contributed by atoms with E-state index in [4.69, 9.17) is 0 Å². The predicted octanol–water partition coefficient (Wildman–Crippen LogP) is 3.15. The van der Waals surface area contributed by atoms with Crippen molar-refractivity contribution in [3.8, 4) is 0 Å². The molecule has 1 fully saturated rings. The van der Waals surface area contributed by atoms with Crippen LogP contribution >= 0.6 is 0 Å². The molecule has 4 heteroatoms. The lowest BCUT2D eigenvalue weighted by atomic mass is 9.64. The fourth-order valence-corrected chi connectivity index (χ4v) is 2.83. The van der Waals surface area contributed by atoms with Crippen LogP contribution in [0.5, 0.6) is 0 Å². The van der Waals surface area contributed by atoms with Gasteiger partial charge in [-0.3, -0.25) is 9.59 Å². The Hall–Kier alpha value is -2.10. The van der Waals surface area contributed by atoms with Gasteiger partial charge in [0.1, 0.15) is 0 Å². The SMILES string of the molecule is C=CCNC(=O)C1(c2ccc(NC(=O)CCC)cc2)CCC1. The lowest BCUT2D eigenvalue weighted by Crippen LogP contribution is -2.49. The maximum Gasteiger partial charge on any atom is 0.230 e. The molecule has 0 bridgehead atoms. The summed E-state index contributed by atoms with van der Waals surface area (Å²) in [5, 5.41) is 5.78. The zero-order valence-corrected chi connectivity index (χ0v) is 13.2. The zero-order chi connectivity index (χ0) is 16.0. The summed E-state index contributed by atoms with van der Waals surface area (Å²) in [6.45, 7) is 6.10. The largest absolute Gasteiger partial charge is 0.352 e. The van der Waals surface area contributed by atoms with E-state index < -0.39 is 5.41 Å². The molecule has 0 aromatic heterocycles. The van der Waals surface area contributed by atoms with Gasteiger partial charge in [0.15, 0.2) is 0 Å². The fraction of sp³-hybridized carbons (Fsp3) is 0.444. The van der Waals surface area contributed by atoms with Gasteiger partial charge >= 0.3 is 0 Å². The van der Waals surface area contributed by atoms with E-state index in [1.807, 2.05) is 31.2 Å². The minimum absolute atomic E-state index is 0.0253. The predicted molar refractivity (Wildman–Crippen MR) is 88.7 cm³/mol. The summed E-state index contributed by atoms with van der Waals surface area (Å²) in [5.74, 6) is 0.0961. The van der Waals surface area contributed by atoms with Crippen molar-refractivity contribution >= 4 is 17.5 Å². The first-order valence-corrected chi connectivity index (χ1v) is 7.92. The summed E-state index contributed by atoms with van der Waals surface area (Å²) in [5.41, 5.74) is 1.39. The molecule has 0 saturated heterocycles. The second-order valence-corrected chi connectivity index (χ2v) is 5.81. The molecule has 0 radical (unpaired) electrons. The summed E-state index contributed by atoms with van der Waals surface area (Å²) >= 11 is 0. The van der Waals surface area contributed by atoms with Crippen LogP contribution in [0.3, 0.4) is 0 Å². The molecule has 0 unspecified atom stereocenters. The van der Waals surface area contributed by atoms with Crippen LogP contribution in [0.1, 0.15) is 44.6 Å². The molecule has 22 heavy (non-hydrogen) atoms. The molecule has 2 rings (SSSR count). The van der Waals surface area contributed by atoms with Gasteiger partial charge < -0.3 is 10.6 Å². The van der Waals surface area contributed by atoms with Crippen molar-refractivity contribution in [2.75, 3.05) is 11.9 Å². The molecule has 0 atom stereocenters. The first kappa shape index (κ1) is 16.3. The topological polar surface area (TPSA) is 58.2 Å². The van der Waals surface area contributed by atoms with Crippen molar-refractivity contribution in [3.05, 3.63) is 42.5 Å². The maximum absolute atomic E-state index is 12.4. The van der Waals surface area contributed by atoms with E-state index in [1.165, 1.54) is 0 Å². The van der Waals surface area contributed by atoms with Gasteiger partial charge in [-0.2, -0.15) is 0 Å². The Morgan fingerprint density at radius 2 is 1.95 bits per heavy atom. The maximum atomic E-state index is 12.4. The summed E-state index contributed by atoms with van der Waals surface area (Å²) in [6.07, 6.45) is 5.86. The fourth-order valence-electron chi connectivity index (χ4n) is 2.83. The van der Waals surface area contributed by atoms with Gasteiger partial charge in [-0.05, 0) is 37.0 Å². The summed E-state index contributed by atoms with van der Waals surface area (Å²) in [7, 11) is 0. The molecule has 118 valence electrons. The van der Waals surface area contributed by atoms with Gasteiger partial charge in [0.2, 0.25) is 11.8 Å². The highest BCUT2D eigenvalue weighted by molar-refractivity contribution is 5.91. The van der Waals surface area contributed by atoms with Crippen LogP contribution in [0.25, 0.3) is 0 Å². The van der Waals surface area contributed by atoms with Crippen LogP contribution in [0.2, 0.25) is 0 Å². The monoisotopic (exact) mass is 300 g/mol. The number of rotatable bonds is 7. The van der Waals surface area contributed by atoms with Gasteiger partial charge in [0.05, 0.1) is 5.41 Å². The molecular weight excluding hydrogens is 276 g/mol. The molecule has 1 aliphatic rings. The number of amides is 2. The molecule has 2 amide bonds. The normalized spacial score (nSPS) is 15.5. The van der Waals surface area contributed by atoms with E-state index in [0.29, 0.717) is 13.0 Å². The van der Waals surface area contributed by atoms with Gasteiger partial charge in [-0.15, -0.1) is 6.58 Å².